The molecule has 142 valence electrons. The number of aliphatic carboxylic acids is 1. The van der Waals surface area contributed by atoms with Gasteiger partial charge >= 0.3 is 5.97 Å². The lowest BCUT2D eigenvalue weighted by Crippen LogP contribution is -2.42. The Hall–Kier alpha value is -3.02. The van der Waals surface area contributed by atoms with Crippen molar-refractivity contribution in [2.75, 3.05) is 7.11 Å². The Morgan fingerprint density at radius 1 is 1.07 bits per heavy atom. The highest BCUT2D eigenvalue weighted by molar-refractivity contribution is 5.85. The molecule has 0 heterocycles. The molecule has 0 unspecified atom stereocenters. The lowest BCUT2D eigenvalue weighted by atomic mass is 9.66. The lowest BCUT2D eigenvalue weighted by Gasteiger charge is -2.36. The molecular weight excluding hydrogens is 346 g/mol. The SMILES string of the molecule is COc1ccccc1Oc1ccc(CNC(=O)CC2(C(=O)O)CCC2)cc1. The Morgan fingerprint density at radius 2 is 1.74 bits per heavy atom. The molecular formula is C21H23NO5. The molecule has 1 saturated carbocycles. The van der Waals surface area contributed by atoms with Crippen LogP contribution in [0.15, 0.2) is 48.5 Å². The van der Waals surface area contributed by atoms with E-state index < -0.39 is 11.4 Å². The minimum Gasteiger partial charge on any atom is -0.493 e. The number of amides is 1. The van der Waals surface area contributed by atoms with Crippen molar-refractivity contribution < 1.29 is 24.2 Å². The maximum absolute atomic E-state index is 12.1. The van der Waals surface area contributed by atoms with Gasteiger partial charge in [0, 0.05) is 13.0 Å². The lowest BCUT2D eigenvalue weighted by molar-refractivity contribution is -0.157. The van der Waals surface area contributed by atoms with Crippen LogP contribution in [0.5, 0.6) is 17.2 Å². The standard InChI is InChI=1S/C21H23NO5/c1-26-17-5-2-3-6-18(17)27-16-9-7-15(8-10-16)14-22-19(23)13-21(20(24)25)11-4-12-21/h2-3,5-10H,4,11-14H2,1H3,(H,22,23)(H,24,25). The van der Waals surface area contributed by atoms with E-state index in [1.54, 1.807) is 7.11 Å². The quantitative estimate of drug-likeness (QED) is 0.740. The first kappa shape index (κ1) is 18.8. The van der Waals surface area contributed by atoms with Gasteiger partial charge in [0.2, 0.25) is 5.91 Å². The second kappa shape index (κ2) is 8.12. The van der Waals surface area contributed by atoms with Gasteiger partial charge in [-0.15, -0.1) is 0 Å². The van der Waals surface area contributed by atoms with Crippen LogP contribution in [0.4, 0.5) is 0 Å². The van der Waals surface area contributed by atoms with Crippen LogP contribution in [0.2, 0.25) is 0 Å². The molecule has 2 aromatic carbocycles. The molecule has 3 rings (SSSR count). The number of ether oxygens (including phenoxy) is 2. The number of hydrogen-bond donors (Lipinski definition) is 2. The van der Waals surface area contributed by atoms with Crippen LogP contribution in [0.25, 0.3) is 0 Å². The third kappa shape index (κ3) is 4.39. The van der Waals surface area contributed by atoms with Crippen molar-refractivity contribution in [3.63, 3.8) is 0 Å². The molecule has 0 radical (unpaired) electrons. The molecule has 2 aromatic rings. The first-order valence-electron chi connectivity index (χ1n) is 8.92. The minimum atomic E-state index is -0.873. The number of rotatable bonds is 8. The van der Waals surface area contributed by atoms with E-state index >= 15 is 0 Å². The summed E-state index contributed by atoms with van der Waals surface area (Å²) in [4.78, 5) is 23.4. The summed E-state index contributed by atoms with van der Waals surface area (Å²) in [7, 11) is 1.59. The Balaban J connectivity index is 1.53. The summed E-state index contributed by atoms with van der Waals surface area (Å²) in [5.74, 6) is 0.833. The van der Waals surface area contributed by atoms with Crippen molar-refractivity contribution in [3.05, 3.63) is 54.1 Å². The number of carboxylic acids is 1. The van der Waals surface area contributed by atoms with Gasteiger partial charge in [0.1, 0.15) is 5.75 Å². The zero-order chi connectivity index (χ0) is 19.3. The summed E-state index contributed by atoms with van der Waals surface area (Å²) in [5, 5.41) is 12.1. The largest absolute Gasteiger partial charge is 0.493 e. The van der Waals surface area contributed by atoms with Crippen molar-refractivity contribution in [3.8, 4) is 17.2 Å². The van der Waals surface area contributed by atoms with Crippen LogP contribution in [-0.4, -0.2) is 24.1 Å². The van der Waals surface area contributed by atoms with E-state index in [2.05, 4.69) is 5.32 Å². The molecule has 27 heavy (non-hydrogen) atoms. The predicted octanol–water partition coefficient (Wildman–Crippen LogP) is 3.75. The molecule has 6 heteroatoms. The van der Waals surface area contributed by atoms with E-state index in [0.717, 1.165) is 12.0 Å². The molecule has 0 bridgehead atoms. The third-order valence-corrected chi connectivity index (χ3v) is 4.97. The van der Waals surface area contributed by atoms with E-state index in [4.69, 9.17) is 9.47 Å². The number of carbonyl (C=O) groups is 2. The van der Waals surface area contributed by atoms with E-state index in [-0.39, 0.29) is 12.3 Å². The summed E-state index contributed by atoms with van der Waals surface area (Å²) in [6.07, 6.45) is 2.06. The van der Waals surface area contributed by atoms with Crippen LogP contribution in [0.3, 0.4) is 0 Å². The number of methoxy groups -OCH3 is 1. The summed E-state index contributed by atoms with van der Waals surface area (Å²) in [6.45, 7) is 0.351. The van der Waals surface area contributed by atoms with Crippen molar-refractivity contribution >= 4 is 11.9 Å². The Labute approximate surface area is 158 Å². The second-order valence-electron chi connectivity index (χ2n) is 6.79. The second-order valence-corrected chi connectivity index (χ2v) is 6.79. The van der Waals surface area contributed by atoms with Gasteiger partial charge in [0.15, 0.2) is 11.5 Å². The fourth-order valence-electron chi connectivity index (χ4n) is 3.15. The highest BCUT2D eigenvalue weighted by Crippen LogP contribution is 2.44. The monoisotopic (exact) mass is 369 g/mol. The average Bonchev–Trinajstić information content (AvgIpc) is 2.64. The van der Waals surface area contributed by atoms with Gasteiger partial charge in [0.25, 0.3) is 0 Å². The molecule has 1 aliphatic carbocycles. The average molecular weight is 369 g/mol. The van der Waals surface area contributed by atoms with E-state index in [1.165, 1.54) is 0 Å². The number of carboxylic acid groups (broad SMARTS) is 1. The Kier molecular flexibility index (Phi) is 5.64. The highest BCUT2D eigenvalue weighted by atomic mass is 16.5. The van der Waals surface area contributed by atoms with E-state index in [0.29, 0.717) is 36.6 Å². The first-order chi connectivity index (χ1) is 13.0. The van der Waals surface area contributed by atoms with Gasteiger partial charge in [0.05, 0.1) is 12.5 Å². The third-order valence-electron chi connectivity index (χ3n) is 4.97. The van der Waals surface area contributed by atoms with Crippen LogP contribution in [-0.2, 0) is 16.1 Å². The number of benzene rings is 2. The molecule has 0 atom stereocenters. The minimum absolute atomic E-state index is 0.0390. The van der Waals surface area contributed by atoms with Crippen LogP contribution in [0, 0.1) is 5.41 Å². The number of carbonyl (C=O) groups excluding carboxylic acids is 1. The molecule has 6 nitrogen and oxygen atoms in total. The topological polar surface area (TPSA) is 84.9 Å². The van der Waals surface area contributed by atoms with Crippen molar-refractivity contribution in [2.45, 2.75) is 32.2 Å². The molecule has 0 saturated heterocycles. The van der Waals surface area contributed by atoms with Gasteiger partial charge in [-0.2, -0.15) is 0 Å². The van der Waals surface area contributed by atoms with Gasteiger partial charge < -0.3 is 19.9 Å². The van der Waals surface area contributed by atoms with E-state index in [1.807, 2.05) is 48.5 Å². The number of para-hydroxylation sites is 2. The summed E-state index contributed by atoms with van der Waals surface area (Å²) in [6, 6.07) is 14.8. The molecule has 0 aliphatic heterocycles. The molecule has 1 amide bonds. The maximum atomic E-state index is 12.1. The molecule has 2 N–H and O–H groups in total. The number of nitrogens with one attached hydrogen (secondary N) is 1. The summed E-state index contributed by atoms with van der Waals surface area (Å²) < 4.78 is 11.1. The first-order valence-corrected chi connectivity index (χ1v) is 8.92. The maximum Gasteiger partial charge on any atom is 0.310 e. The van der Waals surface area contributed by atoms with Gasteiger partial charge in [-0.3, -0.25) is 9.59 Å². The zero-order valence-electron chi connectivity index (χ0n) is 15.2. The predicted molar refractivity (Wildman–Crippen MR) is 99.9 cm³/mol. The van der Waals surface area contributed by atoms with Crippen molar-refractivity contribution in [1.82, 2.24) is 5.32 Å². The zero-order valence-corrected chi connectivity index (χ0v) is 15.2. The smallest absolute Gasteiger partial charge is 0.310 e. The van der Waals surface area contributed by atoms with Crippen LogP contribution >= 0.6 is 0 Å². The highest BCUT2D eigenvalue weighted by Gasteiger charge is 2.45. The molecule has 1 fully saturated rings. The van der Waals surface area contributed by atoms with Gasteiger partial charge in [-0.05, 0) is 42.7 Å². The summed E-state index contributed by atoms with van der Waals surface area (Å²) in [5.41, 5.74) is 0.0463. The van der Waals surface area contributed by atoms with Gasteiger partial charge in [-0.1, -0.05) is 30.7 Å². The van der Waals surface area contributed by atoms with Crippen LogP contribution < -0.4 is 14.8 Å². The molecule has 1 aliphatic rings. The molecule has 0 spiro atoms. The van der Waals surface area contributed by atoms with E-state index in [9.17, 15) is 14.7 Å². The normalized spacial score (nSPS) is 14.7. The Bertz CT molecular complexity index is 812. The fourth-order valence-corrected chi connectivity index (χ4v) is 3.15. The molecule has 0 aromatic heterocycles. The Morgan fingerprint density at radius 3 is 2.30 bits per heavy atom. The summed E-state index contributed by atoms with van der Waals surface area (Å²) >= 11 is 0. The fraction of sp³-hybridized carbons (Fsp3) is 0.333. The number of hydrogen-bond acceptors (Lipinski definition) is 4. The van der Waals surface area contributed by atoms with Gasteiger partial charge in [-0.25, -0.2) is 0 Å². The van der Waals surface area contributed by atoms with Crippen molar-refractivity contribution in [2.24, 2.45) is 5.41 Å². The van der Waals surface area contributed by atoms with Crippen molar-refractivity contribution in [1.29, 1.82) is 0 Å². The van der Waals surface area contributed by atoms with Crippen LogP contribution in [0.1, 0.15) is 31.2 Å².